The Kier molecular flexibility index (Phi) is 3.91. The van der Waals surface area contributed by atoms with Gasteiger partial charge in [0.2, 0.25) is 0 Å². The highest BCUT2D eigenvalue weighted by Crippen LogP contribution is 2.39. The molecular formula is C26H20N2. The molecule has 0 amide bonds. The fraction of sp³-hybridized carbons (Fsp3) is 0.0769. The minimum atomic E-state index is 1.03. The van der Waals surface area contributed by atoms with Crippen LogP contribution in [0.4, 0.5) is 0 Å². The van der Waals surface area contributed by atoms with Crippen LogP contribution < -0.4 is 0 Å². The van der Waals surface area contributed by atoms with Gasteiger partial charge in [-0.15, -0.1) is 0 Å². The lowest BCUT2D eigenvalue weighted by Gasteiger charge is -2.16. The maximum atomic E-state index is 4.69. The summed E-state index contributed by atoms with van der Waals surface area (Å²) in [7, 11) is 0. The van der Waals surface area contributed by atoms with E-state index in [0.29, 0.717) is 0 Å². The molecule has 5 rings (SSSR count). The molecule has 0 spiro atoms. The molecule has 134 valence electrons. The number of nitrogens with zero attached hydrogens (tertiary/aromatic N) is 2. The lowest BCUT2D eigenvalue weighted by Crippen LogP contribution is -1.93. The molecule has 0 saturated carbocycles. The number of rotatable bonds is 2. The standard InChI is InChI=1S/C26H20N2/c1-17-15-23(21-11-3-7-19-9-5-13-27-25(19)21)24(16-18(17)2)22-12-4-8-20-10-6-14-28-26(20)22/h3-16H,1-2H3. The van der Waals surface area contributed by atoms with Crippen molar-refractivity contribution in [1.82, 2.24) is 9.97 Å². The Balaban J connectivity index is 1.88. The zero-order chi connectivity index (χ0) is 19.1. The lowest BCUT2D eigenvalue weighted by atomic mass is 9.89. The number of pyridine rings is 2. The van der Waals surface area contributed by atoms with Crippen molar-refractivity contribution >= 4 is 21.8 Å². The largest absolute Gasteiger partial charge is 0.256 e. The fourth-order valence-electron chi connectivity index (χ4n) is 3.90. The minimum Gasteiger partial charge on any atom is -0.256 e. The molecule has 0 aliphatic rings. The van der Waals surface area contributed by atoms with E-state index in [4.69, 9.17) is 9.97 Å². The van der Waals surface area contributed by atoms with Gasteiger partial charge in [0, 0.05) is 34.3 Å². The second-order valence-corrected chi connectivity index (χ2v) is 7.24. The highest BCUT2D eigenvalue weighted by molar-refractivity contribution is 6.03. The molecule has 0 aliphatic carbocycles. The molecule has 0 aliphatic heterocycles. The Morgan fingerprint density at radius 2 is 0.929 bits per heavy atom. The molecule has 0 atom stereocenters. The van der Waals surface area contributed by atoms with E-state index in [1.165, 1.54) is 22.3 Å². The first-order chi connectivity index (χ1) is 13.7. The maximum Gasteiger partial charge on any atom is 0.0780 e. The van der Waals surface area contributed by atoms with Gasteiger partial charge in [0.05, 0.1) is 11.0 Å². The van der Waals surface area contributed by atoms with Gasteiger partial charge in [-0.1, -0.05) is 60.7 Å². The first kappa shape index (κ1) is 16.6. The van der Waals surface area contributed by atoms with Crippen molar-refractivity contribution in [2.24, 2.45) is 0 Å². The predicted octanol–water partition coefficient (Wildman–Crippen LogP) is 6.73. The summed E-state index contributed by atoms with van der Waals surface area (Å²) < 4.78 is 0. The number of fused-ring (bicyclic) bond motifs is 2. The van der Waals surface area contributed by atoms with E-state index in [1.807, 2.05) is 24.5 Å². The number of hydrogen-bond acceptors (Lipinski definition) is 2. The molecule has 0 unspecified atom stereocenters. The van der Waals surface area contributed by atoms with Gasteiger partial charge in [-0.2, -0.15) is 0 Å². The van der Waals surface area contributed by atoms with E-state index in [0.717, 1.165) is 32.9 Å². The van der Waals surface area contributed by atoms with Gasteiger partial charge < -0.3 is 0 Å². The molecular weight excluding hydrogens is 340 g/mol. The normalized spacial score (nSPS) is 11.2. The predicted molar refractivity (Wildman–Crippen MR) is 117 cm³/mol. The van der Waals surface area contributed by atoms with Crippen molar-refractivity contribution in [1.29, 1.82) is 0 Å². The highest BCUT2D eigenvalue weighted by Gasteiger charge is 2.15. The van der Waals surface area contributed by atoms with E-state index in [-0.39, 0.29) is 0 Å². The van der Waals surface area contributed by atoms with Crippen LogP contribution in [0.2, 0.25) is 0 Å². The molecule has 2 heterocycles. The van der Waals surface area contributed by atoms with Crippen LogP contribution in [0.5, 0.6) is 0 Å². The smallest absolute Gasteiger partial charge is 0.0780 e. The SMILES string of the molecule is Cc1cc(-c2cccc3cccnc23)c(-c2cccc3cccnc23)cc1C. The maximum absolute atomic E-state index is 4.69. The molecule has 5 aromatic rings. The van der Waals surface area contributed by atoms with Crippen molar-refractivity contribution in [2.45, 2.75) is 13.8 Å². The number of aromatic nitrogens is 2. The molecule has 2 heteroatoms. The number of para-hydroxylation sites is 2. The monoisotopic (exact) mass is 360 g/mol. The molecule has 2 aromatic heterocycles. The van der Waals surface area contributed by atoms with Crippen molar-refractivity contribution < 1.29 is 0 Å². The Morgan fingerprint density at radius 1 is 0.500 bits per heavy atom. The molecule has 0 saturated heterocycles. The average Bonchev–Trinajstić information content (AvgIpc) is 2.74. The highest BCUT2D eigenvalue weighted by atomic mass is 14.7. The van der Waals surface area contributed by atoms with Crippen molar-refractivity contribution in [3.05, 3.63) is 96.3 Å². The first-order valence-corrected chi connectivity index (χ1v) is 9.52. The van der Waals surface area contributed by atoms with Gasteiger partial charge in [0.25, 0.3) is 0 Å². The molecule has 0 bridgehead atoms. The topological polar surface area (TPSA) is 25.8 Å². The van der Waals surface area contributed by atoms with Crippen LogP contribution in [0.15, 0.2) is 85.2 Å². The molecule has 2 nitrogen and oxygen atoms in total. The fourth-order valence-corrected chi connectivity index (χ4v) is 3.90. The van der Waals surface area contributed by atoms with Gasteiger partial charge in [0.1, 0.15) is 0 Å². The van der Waals surface area contributed by atoms with E-state index in [1.54, 1.807) is 0 Å². The van der Waals surface area contributed by atoms with Crippen molar-refractivity contribution in [2.75, 3.05) is 0 Å². The molecule has 0 fully saturated rings. The van der Waals surface area contributed by atoms with Gasteiger partial charge in [-0.3, -0.25) is 9.97 Å². The van der Waals surface area contributed by atoms with Crippen molar-refractivity contribution in [3.8, 4) is 22.3 Å². The third kappa shape index (κ3) is 2.66. The lowest BCUT2D eigenvalue weighted by molar-refractivity contribution is 1.33. The summed E-state index contributed by atoms with van der Waals surface area (Å²) in [5, 5.41) is 2.31. The molecule has 3 aromatic carbocycles. The number of hydrogen-bond donors (Lipinski definition) is 0. The van der Waals surface area contributed by atoms with Gasteiger partial charge in [0.15, 0.2) is 0 Å². The van der Waals surface area contributed by atoms with Crippen LogP contribution in [0, 0.1) is 13.8 Å². The quantitative estimate of drug-likeness (QED) is 0.349. The Hall–Kier alpha value is -3.52. The third-order valence-corrected chi connectivity index (χ3v) is 5.48. The number of aryl methyl sites for hydroxylation is 2. The van der Waals surface area contributed by atoms with E-state index < -0.39 is 0 Å². The second-order valence-electron chi connectivity index (χ2n) is 7.24. The van der Waals surface area contributed by atoms with Crippen LogP contribution >= 0.6 is 0 Å². The molecule has 0 N–H and O–H groups in total. The summed E-state index contributed by atoms with van der Waals surface area (Å²) in [5.41, 5.74) is 9.33. The first-order valence-electron chi connectivity index (χ1n) is 9.52. The summed E-state index contributed by atoms with van der Waals surface area (Å²) >= 11 is 0. The average molecular weight is 360 g/mol. The van der Waals surface area contributed by atoms with Crippen LogP contribution in [0.1, 0.15) is 11.1 Å². The van der Waals surface area contributed by atoms with E-state index in [2.05, 4.69) is 74.5 Å². The third-order valence-electron chi connectivity index (χ3n) is 5.48. The van der Waals surface area contributed by atoms with Crippen LogP contribution in [0.3, 0.4) is 0 Å². The van der Waals surface area contributed by atoms with Crippen LogP contribution in [0.25, 0.3) is 44.1 Å². The second kappa shape index (κ2) is 6.58. The number of benzene rings is 3. The molecule has 28 heavy (non-hydrogen) atoms. The van der Waals surface area contributed by atoms with Gasteiger partial charge in [-0.25, -0.2) is 0 Å². The molecule has 0 radical (unpaired) electrons. The van der Waals surface area contributed by atoms with E-state index in [9.17, 15) is 0 Å². The van der Waals surface area contributed by atoms with Gasteiger partial charge in [-0.05, 0) is 48.2 Å². The Morgan fingerprint density at radius 3 is 1.39 bits per heavy atom. The van der Waals surface area contributed by atoms with E-state index >= 15 is 0 Å². The summed E-state index contributed by atoms with van der Waals surface area (Å²) in [4.78, 5) is 9.38. The summed E-state index contributed by atoms with van der Waals surface area (Å²) in [5.74, 6) is 0. The summed E-state index contributed by atoms with van der Waals surface area (Å²) in [6, 6.07) is 25.6. The van der Waals surface area contributed by atoms with Crippen LogP contribution in [-0.4, -0.2) is 9.97 Å². The summed E-state index contributed by atoms with van der Waals surface area (Å²) in [6.07, 6.45) is 3.73. The van der Waals surface area contributed by atoms with Crippen LogP contribution in [-0.2, 0) is 0 Å². The Labute approximate surface area is 164 Å². The van der Waals surface area contributed by atoms with Gasteiger partial charge >= 0.3 is 0 Å². The summed E-state index contributed by atoms with van der Waals surface area (Å²) in [6.45, 7) is 4.34. The van der Waals surface area contributed by atoms with Crippen molar-refractivity contribution in [3.63, 3.8) is 0 Å². The minimum absolute atomic E-state index is 1.03. The zero-order valence-electron chi connectivity index (χ0n) is 16.0. The zero-order valence-corrected chi connectivity index (χ0v) is 16.0. The Bertz CT molecular complexity index is 1220.